The van der Waals surface area contributed by atoms with Gasteiger partial charge in [0.25, 0.3) is 0 Å². The monoisotopic (exact) mass is 257 g/mol. The summed E-state index contributed by atoms with van der Waals surface area (Å²) in [5.74, 6) is -0.0518. The summed E-state index contributed by atoms with van der Waals surface area (Å²) >= 11 is 0. The van der Waals surface area contributed by atoms with Gasteiger partial charge in [-0.25, -0.2) is 4.39 Å². The second-order valence-corrected chi connectivity index (χ2v) is 5.93. The molecule has 1 aliphatic rings. The molecule has 3 unspecified atom stereocenters. The van der Waals surface area contributed by atoms with E-state index >= 15 is 0 Å². The van der Waals surface area contributed by atoms with Crippen LogP contribution in [0, 0.1) is 5.82 Å². The predicted molar refractivity (Wildman–Crippen MR) is 66.5 cm³/mol. The van der Waals surface area contributed by atoms with Crippen molar-refractivity contribution in [2.45, 2.75) is 30.5 Å². The van der Waals surface area contributed by atoms with E-state index in [9.17, 15) is 8.60 Å². The molecule has 3 atom stereocenters. The Balaban J connectivity index is 2.10. The molecule has 1 aliphatic heterocycles. The Morgan fingerprint density at radius 2 is 2.35 bits per heavy atom. The molecular formula is C12H16FNO2S. The maximum Gasteiger partial charge on any atom is 0.123 e. The molecule has 17 heavy (non-hydrogen) atoms. The summed E-state index contributed by atoms with van der Waals surface area (Å²) in [6, 6.07) is 4.17. The maximum atomic E-state index is 13.1. The first-order chi connectivity index (χ1) is 8.08. The molecule has 3 nitrogen and oxygen atoms in total. The number of rotatable bonds is 3. The zero-order chi connectivity index (χ0) is 12.4. The third kappa shape index (κ3) is 2.84. The van der Waals surface area contributed by atoms with Gasteiger partial charge in [0, 0.05) is 23.1 Å². The van der Waals surface area contributed by atoms with Gasteiger partial charge in [-0.2, -0.15) is 0 Å². The average Bonchev–Trinajstić information content (AvgIpc) is 2.70. The smallest absolute Gasteiger partial charge is 0.123 e. The van der Waals surface area contributed by atoms with Crippen molar-refractivity contribution >= 4 is 16.5 Å². The Morgan fingerprint density at radius 1 is 1.59 bits per heavy atom. The minimum Gasteiger partial charge on any atom is -0.398 e. The fourth-order valence-corrected chi connectivity index (χ4v) is 3.65. The van der Waals surface area contributed by atoms with Crippen LogP contribution in [0.25, 0.3) is 0 Å². The lowest BCUT2D eigenvalue weighted by atomic mass is 10.2. The molecule has 0 aliphatic carbocycles. The summed E-state index contributed by atoms with van der Waals surface area (Å²) in [4.78, 5) is 0. The van der Waals surface area contributed by atoms with Crippen molar-refractivity contribution in [3.8, 4) is 0 Å². The highest BCUT2D eigenvalue weighted by atomic mass is 32.2. The van der Waals surface area contributed by atoms with Crippen LogP contribution in [0.4, 0.5) is 10.1 Å². The largest absolute Gasteiger partial charge is 0.398 e. The topological polar surface area (TPSA) is 52.3 Å². The van der Waals surface area contributed by atoms with Gasteiger partial charge in [0.2, 0.25) is 0 Å². The van der Waals surface area contributed by atoms with E-state index in [-0.39, 0.29) is 17.2 Å². The van der Waals surface area contributed by atoms with Gasteiger partial charge in [-0.15, -0.1) is 0 Å². The Bertz CT molecular complexity index is 439. The SMILES string of the molecule is CC1OCCC1S(=O)Cc1cc(F)ccc1N. The van der Waals surface area contributed by atoms with Crippen LogP contribution in [0.5, 0.6) is 0 Å². The number of halogens is 1. The second-order valence-electron chi connectivity index (χ2n) is 4.27. The molecule has 1 fully saturated rings. The quantitative estimate of drug-likeness (QED) is 0.841. The van der Waals surface area contributed by atoms with Gasteiger partial charge in [0.1, 0.15) is 5.82 Å². The molecule has 1 heterocycles. The fraction of sp³-hybridized carbons (Fsp3) is 0.500. The van der Waals surface area contributed by atoms with Gasteiger partial charge in [-0.3, -0.25) is 4.21 Å². The minimum absolute atomic E-state index is 0.00520. The first kappa shape index (κ1) is 12.5. The van der Waals surface area contributed by atoms with E-state index in [0.717, 1.165) is 6.42 Å². The first-order valence-corrected chi connectivity index (χ1v) is 6.99. The maximum absolute atomic E-state index is 13.1. The van der Waals surface area contributed by atoms with E-state index in [0.29, 0.717) is 23.6 Å². The van der Waals surface area contributed by atoms with Gasteiger partial charge in [0.05, 0.1) is 17.1 Å². The lowest BCUT2D eigenvalue weighted by molar-refractivity contribution is 0.127. The van der Waals surface area contributed by atoms with Crippen molar-refractivity contribution in [1.29, 1.82) is 0 Å². The molecule has 5 heteroatoms. The summed E-state index contributed by atoms with van der Waals surface area (Å²) in [5, 5.41) is 0.0256. The van der Waals surface area contributed by atoms with E-state index in [1.807, 2.05) is 6.92 Å². The van der Waals surface area contributed by atoms with Crippen molar-refractivity contribution in [2.75, 3.05) is 12.3 Å². The summed E-state index contributed by atoms with van der Waals surface area (Å²) in [7, 11) is -1.07. The molecule has 0 aromatic heterocycles. The van der Waals surface area contributed by atoms with Crippen molar-refractivity contribution in [3.63, 3.8) is 0 Å². The van der Waals surface area contributed by atoms with Crippen LogP contribution in [-0.4, -0.2) is 22.2 Å². The molecule has 1 saturated heterocycles. The number of ether oxygens (including phenoxy) is 1. The molecule has 0 radical (unpaired) electrons. The van der Waals surface area contributed by atoms with Crippen molar-refractivity contribution in [3.05, 3.63) is 29.6 Å². The highest BCUT2D eigenvalue weighted by Crippen LogP contribution is 2.23. The van der Waals surface area contributed by atoms with Crippen LogP contribution < -0.4 is 5.73 Å². The molecular weight excluding hydrogens is 241 g/mol. The van der Waals surface area contributed by atoms with E-state index in [1.165, 1.54) is 18.2 Å². The van der Waals surface area contributed by atoms with Gasteiger partial charge >= 0.3 is 0 Å². The highest BCUT2D eigenvalue weighted by molar-refractivity contribution is 7.84. The van der Waals surface area contributed by atoms with E-state index < -0.39 is 10.8 Å². The van der Waals surface area contributed by atoms with E-state index in [4.69, 9.17) is 10.5 Å². The van der Waals surface area contributed by atoms with Crippen LogP contribution in [0.3, 0.4) is 0 Å². The number of nitrogen functional groups attached to an aromatic ring is 1. The van der Waals surface area contributed by atoms with Crippen molar-refractivity contribution in [2.24, 2.45) is 0 Å². The Morgan fingerprint density at radius 3 is 3.00 bits per heavy atom. The summed E-state index contributed by atoms with van der Waals surface area (Å²) in [6.45, 7) is 2.57. The zero-order valence-corrected chi connectivity index (χ0v) is 10.5. The number of anilines is 1. The zero-order valence-electron chi connectivity index (χ0n) is 9.69. The molecule has 1 aromatic rings. The lowest BCUT2D eigenvalue weighted by Gasteiger charge is -2.14. The molecule has 2 N–H and O–H groups in total. The van der Waals surface area contributed by atoms with Crippen LogP contribution in [-0.2, 0) is 21.3 Å². The van der Waals surface area contributed by atoms with Gasteiger partial charge in [-0.1, -0.05) is 0 Å². The third-order valence-corrected chi connectivity index (χ3v) is 4.94. The van der Waals surface area contributed by atoms with Crippen LogP contribution >= 0.6 is 0 Å². The summed E-state index contributed by atoms with van der Waals surface area (Å²) in [6.07, 6.45) is 0.800. The number of hydrogen-bond acceptors (Lipinski definition) is 3. The van der Waals surface area contributed by atoms with Crippen LogP contribution in [0.2, 0.25) is 0 Å². The fourth-order valence-electron chi connectivity index (χ4n) is 2.02. The van der Waals surface area contributed by atoms with Crippen LogP contribution in [0.15, 0.2) is 18.2 Å². The standard InChI is InChI=1S/C12H16FNO2S/c1-8-12(4-5-16-8)17(15)7-9-6-10(13)2-3-11(9)14/h2-3,6,8,12H,4-5,7,14H2,1H3. The molecule has 0 saturated carbocycles. The van der Waals surface area contributed by atoms with Crippen molar-refractivity contribution < 1.29 is 13.3 Å². The molecule has 0 bridgehead atoms. The Hall–Kier alpha value is -0.940. The van der Waals surface area contributed by atoms with Gasteiger partial charge in [0.15, 0.2) is 0 Å². The molecule has 0 amide bonds. The molecule has 94 valence electrons. The van der Waals surface area contributed by atoms with E-state index in [1.54, 1.807) is 0 Å². The lowest BCUT2D eigenvalue weighted by Crippen LogP contribution is -2.24. The summed E-state index contributed by atoms with van der Waals surface area (Å²) in [5.41, 5.74) is 6.84. The van der Waals surface area contributed by atoms with E-state index in [2.05, 4.69) is 0 Å². The predicted octanol–water partition coefficient (Wildman–Crippen LogP) is 1.83. The normalized spacial score (nSPS) is 26.0. The van der Waals surface area contributed by atoms with Gasteiger partial charge in [-0.05, 0) is 37.1 Å². The molecule has 2 rings (SSSR count). The van der Waals surface area contributed by atoms with Crippen molar-refractivity contribution in [1.82, 2.24) is 0 Å². The second kappa shape index (κ2) is 5.14. The number of nitrogens with two attached hydrogens (primary N) is 1. The highest BCUT2D eigenvalue weighted by Gasteiger charge is 2.29. The first-order valence-electron chi connectivity index (χ1n) is 5.60. The number of hydrogen-bond donors (Lipinski definition) is 1. The number of benzene rings is 1. The Labute approximate surface area is 103 Å². The molecule has 1 aromatic carbocycles. The summed E-state index contributed by atoms with van der Waals surface area (Å²) < 4.78 is 30.6. The third-order valence-electron chi connectivity index (χ3n) is 3.05. The van der Waals surface area contributed by atoms with Crippen LogP contribution in [0.1, 0.15) is 18.9 Å². The Kier molecular flexibility index (Phi) is 3.79. The van der Waals surface area contributed by atoms with Gasteiger partial charge < -0.3 is 10.5 Å². The molecule has 0 spiro atoms. The average molecular weight is 257 g/mol. The minimum atomic E-state index is -1.07.